The van der Waals surface area contributed by atoms with Crippen molar-refractivity contribution in [2.24, 2.45) is 5.73 Å². The van der Waals surface area contributed by atoms with Crippen LogP contribution in [0.3, 0.4) is 0 Å². The Kier molecular flexibility index (Phi) is 4.48. The average Bonchev–Trinajstić information content (AvgIpc) is 2.43. The standard InChI is InChI=1S/C11H26BNO3Si/c1-11(2,3)17(4,5)16-9-8(13)7(6-14)15-10(9)12/h7-10,14H,6,12-13H2,1-5H3/t7-,8?,9?,10-/m1/s1. The van der Waals surface area contributed by atoms with Crippen LogP contribution in [0.1, 0.15) is 20.8 Å². The van der Waals surface area contributed by atoms with Crippen LogP contribution in [-0.2, 0) is 9.16 Å². The van der Waals surface area contributed by atoms with Crippen molar-refractivity contribution in [1.82, 2.24) is 0 Å². The van der Waals surface area contributed by atoms with E-state index in [1.54, 1.807) is 0 Å². The molecule has 0 radical (unpaired) electrons. The number of hydrogen-bond donors (Lipinski definition) is 2. The van der Waals surface area contributed by atoms with E-state index in [1.165, 1.54) is 0 Å². The van der Waals surface area contributed by atoms with Gasteiger partial charge in [0, 0.05) is 0 Å². The van der Waals surface area contributed by atoms with Crippen LogP contribution < -0.4 is 5.73 Å². The Morgan fingerprint density at radius 1 is 1.41 bits per heavy atom. The van der Waals surface area contributed by atoms with Gasteiger partial charge >= 0.3 is 0 Å². The van der Waals surface area contributed by atoms with Crippen LogP contribution in [0.5, 0.6) is 0 Å². The van der Waals surface area contributed by atoms with Crippen molar-refractivity contribution >= 4 is 16.2 Å². The van der Waals surface area contributed by atoms with E-state index in [4.69, 9.17) is 14.9 Å². The summed E-state index contributed by atoms with van der Waals surface area (Å²) in [7, 11) is 0.128. The van der Waals surface area contributed by atoms with Crippen molar-refractivity contribution in [3.8, 4) is 0 Å². The molecule has 4 atom stereocenters. The van der Waals surface area contributed by atoms with Crippen molar-refractivity contribution in [3.63, 3.8) is 0 Å². The van der Waals surface area contributed by atoms with Crippen LogP contribution in [0.15, 0.2) is 0 Å². The number of rotatable bonds is 3. The molecule has 1 heterocycles. The van der Waals surface area contributed by atoms with Gasteiger partial charge in [0.2, 0.25) is 0 Å². The molecule has 0 aliphatic carbocycles. The van der Waals surface area contributed by atoms with E-state index in [-0.39, 0.29) is 35.9 Å². The Balaban J connectivity index is 2.75. The molecule has 0 spiro atoms. The zero-order chi connectivity index (χ0) is 13.4. The molecule has 1 saturated heterocycles. The molecule has 1 aliphatic heterocycles. The summed E-state index contributed by atoms with van der Waals surface area (Å²) in [6.07, 6.45) is -0.396. The van der Waals surface area contributed by atoms with Crippen LogP contribution in [0, 0.1) is 0 Å². The first-order valence-electron chi connectivity index (χ1n) is 6.30. The molecule has 4 nitrogen and oxygen atoms in total. The number of aliphatic hydroxyl groups excluding tert-OH is 1. The maximum absolute atomic E-state index is 9.18. The molecule has 0 aromatic rings. The van der Waals surface area contributed by atoms with E-state index in [0.29, 0.717) is 0 Å². The van der Waals surface area contributed by atoms with Gasteiger partial charge in [-0.3, -0.25) is 0 Å². The minimum Gasteiger partial charge on any atom is -0.410 e. The summed E-state index contributed by atoms with van der Waals surface area (Å²) < 4.78 is 11.9. The van der Waals surface area contributed by atoms with Gasteiger partial charge in [0.05, 0.1) is 30.9 Å². The predicted octanol–water partition coefficient (Wildman–Crippen LogP) is 0.0544. The van der Waals surface area contributed by atoms with Gasteiger partial charge in [-0.25, -0.2) is 0 Å². The van der Waals surface area contributed by atoms with E-state index >= 15 is 0 Å². The molecule has 3 N–H and O–H groups in total. The molecule has 0 bridgehead atoms. The molecule has 1 aliphatic rings. The van der Waals surface area contributed by atoms with E-state index in [1.807, 2.05) is 7.85 Å². The molecule has 0 amide bonds. The predicted molar refractivity (Wildman–Crippen MR) is 74.3 cm³/mol. The van der Waals surface area contributed by atoms with E-state index in [0.717, 1.165) is 0 Å². The molecule has 100 valence electrons. The van der Waals surface area contributed by atoms with Gasteiger partial charge in [-0.2, -0.15) is 0 Å². The molecule has 6 heteroatoms. The molecule has 0 aromatic carbocycles. The summed E-state index contributed by atoms with van der Waals surface area (Å²) in [6.45, 7) is 11.0. The number of aliphatic hydroxyl groups is 1. The fourth-order valence-electron chi connectivity index (χ4n) is 1.82. The minimum atomic E-state index is -1.84. The van der Waals surface area contributed by atoms with E-state index < -0.39 is 8.32 Å². The van der Waals surface area contributed by atoms with Crippen LogP contribution in [0.4, 0.5) is 0 Å². The van der Waals surface area contributed by atoms with Gasteiger partial charge < -0.3 is 20.0 Å². The SMILES string of the molecule is B[C@@H]1O[C@H](CO)C(N)C1O[Si](C)(C)C(C)(C)C. The molecule has 0 aromatic heterocycles. The van der Waals surface area contributed by atoms with Crippen LogP contribution in [0.25, 0.3) is 0 Å². The van der Waals surface area contributed by atoms with Gasteiger partial charge in [0.25, 0.3) is 0 Å². The van der Waals surface area contributed by atoms with Crippen molar-refractivity contribution in [3.05, 3.63) is 0 Å². The van der Waals surface area contributed by atoms with Crippen molar-refractivity contribution in [2.45, 2.75) is 63.2 Å². The summed E-state index contributed by atoms with van der Waals surface area (Å²) in [5, 5.41) is 9.34. The molecular formula is C11H26BNO3Si. The first-order chi connectivity index (χ1) is 7.60. The molecule has 17 heavy (non-hydrogen) atoms. The summed E-state index contributed by atoms with van der Waals surface area (Å²) >= 11 is 0. The maximum atomic E-state index is 9.18. The first-order valence-corrected chi connectivity index (χ1v) is 9.20. The summed E-state index contributed by atoms with van der Waals surface area (Å²) in [5.41, 5.74) is 6.09. The summed E-state index contributed by atoms with van der Waals surface area (Å²) in [6, 6.07) is -0.277. The highest BCUT2D eigenvalue weighted by molar-refractivity contribution is 6.74. The lowest BCUT2D eigenvalue weighted by Gasteiger charge is -2.40. The molecule has 1 rings (SSSR count). The Morgan fingerprint density at radius 3 is 2.29 bits per heavy atom. The normalized spacial score (nSPS) is 35.2. The second-order valence-corrected chi connectivity index (χ2v) is 11.2. The Hall–Kier alpha value is 0.122. The Bertz CT molecular complexity index is 270. The highest BCUT2D eigenvalue weighted by atomic mass is 28.4. The summed E-state index contributed by atoms with van der Waals surface area (Å²) in [5.74, 6) is 0. The fourth-order valence-corrected chi connectivity index (χ4v) is 3.21. The minimum absolute atomic E-state index is 0.0388. The van der Waals surface area contributed by atoms with Gasteiger partial charge in [-0.15, -0.1) is 0 Å². The Morgan fingerprint density at radius 2 is 1.94 bits per heavy atom. The quantitative estimate of drug-likeness (QED) is 0.703. The topological polar surface area (TPSA) is 64.7 Å². The van der Waals surface area contributed by atoms with Crippen molar-refractivity contribution < 1.29 is 14.3 Å². The number of hydrogen-bond acceptors (Lipinski definition) is 4. The number of ether oxygens (including phenoxy) is 1. The lowest BCUT2D eigenvalue weighted by Crippen LogP contribution is -2.52. The second-order valence-electron chi connectivity index (χ2n) is 6.48. The molecule has 0 saturated carbocycles. The summed E-state index contributed by atoms with van der Waals surface area (Å²) in [4.78, 5) is 0. The maximum Gasteiger partial charge on any atom is 0.192 e. The third-order valence-electron chi connectivity index (χ3n) is 4.08. The largest absolute Gasteiger partial charge is 0.410 e. The smallest absolute Gasteiger partial charge is 0.192 e. The zero-order valence-corrected chi connectivity index (χ0v) is 12.9. The van der Waals surface area contributed by atoms with Crippen molar-refractivity contribution in [1.29, 1.82) is 0 Å². The van der Waals surface area contributed by atoms with Gasteiger partial charge in [-0.1, -0.05) is 20.8 Å². The zero-order valence-electron chi connectivity index (χ0n) is 11.9. The lowest BCUT2D eigenvalue weighted by molar-refractivity contribution is 0.0301. The van der Waals surface area contributed by atoms with Gasteiger partial charge in [-0.05, 0) is 18.1 Å². The van der Waals surface area contributed by atoms with Crippen LogP contribution in [-0.4, -0.2) is 52.1 Å². The lowest BCUT2D eigenvalue weighted by atomic mass is 9.92. The molecule has 1 fully saturated rings. The van der Waals surface area contributed by atoms with E-state index in [9.17, 15) is 5.11 Å². The van der Waals surface area contributed by atoms with Crippen LogP contribution in [0.2, 0.25) is 18.1 Å². The highest BCUT2D eigenvalue weighted by Gasteiger charge is 2.46. The highest BCUT2D eigenvalue weighted by Crippen LogP contribution is 2.39. The van der Waals surface area contributed by atoms with Crippen molar-refractivity contribution in [2.75, 3.05) is 6.61 Å². The fraction of sp³-hybridized carbons (Fsp3) is 1.00. The average molecular weight is 259 g/mol. The van der Waals surface area contributed by atoms with E-state index in [2.05, 4.69) is 33.9 Å². The molecule has 2 unspecified atom stereocenters. The van der Waals surface area contributed by atoms with Crippen LogP contribution >= 0.6 is 0 Å². The third kappa shape index (κ3) is 3.12. The first kappa shape index (κ1) is 15.2. The third-order valence-corrected chi connectivity index (χ3v) is 8.55. The monoisotopic (exact) mass is 259 g/mol. The molecular weight excluding hydrogens is 233 g/mol. The van der Waals surface area contributed by atoms with Gasteiger partial charge in [0.15, 0.2) is 8.32 Å². The van der Waals surface area contributed by atoms with Gasteiger partial charge in [0.1, 0.15) is 7.85 Å². The second kappa shape index (κ2) is 5.01. The Labute approximate surface area is 106 Å². The number of nitrogens with two attached hydrogens (primary N) is 1.